The maximum absolute atomic E-state index is 12.4. The standard InChI is InChI=1S/C15H16F3N3O2/c16-15(17,18)13-9-21(11-20-13)8-4-7-19-14(22)23-10-12-5-2-1-3-6-12/h1-3,5-6,9,11H,4,7-8,10H2,(H,19,22). The van der Waals surface area contributed by atoms with Gasteiger partial charge in [0.05, 0.1) is 6.33 Å². The van der Waals surface area contributed by atoms with E-state index in [1.807, 2.05) is 30.3 Å². The Morgan fingerprint density at radius 2 is 2.00 bits per heavy atom. The highest BCUT2D eigenvalue weighted by Gasteiger charge is 2.33. The molecule has 0 fully saturated rings. The van der Waals surface area contributed by atoms with Crippen LogP contribution in [0.2, 0.25) is 0 Å². The fourth-order valence-corrected chi connectivity index (χ4v) is 1.85. The van der Waals surface area contributed by atoms with Gasteiger partial charge in [-0.2, -0.15) is 13.2 Å². The zero-order valence-electron chi connectivity index (χ0n) is 12.2. The number of nitrogens with zero attached hydrogens (tertiary/aromatic N) is 2. The number of benzene rings is 1. The van der Waals surface area contributed by atoms with E-state index in [1.165, 1.54) is 4.57 Å². The van der Waals surface area contributed by atoms with Crippen LogP contribution in [-0.4, -0.2) is 22.2 Å². The van der Waals surface area contributed by atoms with Crippen molar-refractivity contribution in [2.24, 2.45) is 0 Å². The second-order valence-corrected chi connectivity index (χ2v) is 4.84. The molecule has 0 saturated heterocycles. The molecule has 0 saturated carbocycles. The number of rotatable bonds is 6. The lowest BCUT2D eigenvalue weighted by molar-refractivity contribution is -0.140. The molecule has 1 amide bonds. The lowest BCUT2D eigenvalue weighted by Crippen LogP contribution is -2.25. The van der Waals surface area contributed by atoms with Gasteiger partial charge >= 0.3 is 12.3 Å². The fourth-order valence-electron chi connectivity index (χ4n) is 1.85. The van der Waals surface area contributed by atoms with Gasteiger partial charge in [-0.05, 0) is 12.0 Å². The summed E-state index contributed by atoms with van der Waals surface area (Å²) in [6, 6.07) is 9.23. The Morgan fingerprint density at radius 1 is 1.26 bits per heavy atom. The first-order chi connectivity index (χ1) is 10.9. The van der Waals surface area contributed by atoms with Gasteiger partial charge in [-0.25, -0.2) is 9.78 Å². The molecule has 1 N–H and O–H groups in total. The summed E-state index contributed by atoms with van der Waals surface area (Å²) >= 11 is 0. The van der Waals surface area contributed by atoms with E-state index in [0.717, 1.165) is 18.1 Å². The average molecular weight is 327 g/mol. The molecule has 0 aliphatic rings. The summed E-state index contributed by atoms with van der Waals surface area (Å²) in [5.74, 6) is 0. The molecule has 5 nitrogen and oxygen atoms in total. The van der Waals surface area contributed by atoms with Crippen LogP contribution in [0.15, 0.2) is 42.9 Å². The summed E-state index contributed by atoms with van der Waals surface area (Å²) in [4.78, 5) is 14.8. The molecule has 0 atom stereocenters. The second kappa shape index (κ2) is 7.66. The number of alkyl carbamates (subject to hydrolysis) is 1. The molecule has 2 aromatic rings. The van der Waals surface area contributed by atoms with Gasteiger partial charge in [-0.3, -0.25) is 0 Å². The van der Waals surface area contributed by atoms with E-state index in [9.17, 15) is 18.0 Å². The van der Waals surface area contributed by atoms with E-state index in [4.69, 9.17) is 4.74 Å². The van der Waals surface area contributed by atoms with Crippen LogP contribution in [0.1, 0.15) is 17.7 Å². The number of alkyl halides is 3. The van der Waals surface area contributed by atoms with Gasteiger partial charge in [0.1, 0.15) is 6.61 Å². The summed E-state index contributed by atoms with van der Waals surface area (Å²) in [5, 5.41) is 2.54. The van der Waals surface area contributed by atoms with E-state index in [-0.39, 0.29) is 6.61 Å². The van der Waals surface area contributed by atoms with E-state index < -0.39 is 18.0 Å². The van der Waals surface area contributed by atoms with Crippen molar-refractivity contribution in [2.75, 3.05) is 6.54 Å². The number of hydrogen-bond acceptors (Lipinski definition) is 3. The SMILES string of the molecule is O=C(NCCCn1cnc(C(F)(F)F)c1)OCc1ccccc1. The Balaban J connectivity index is 1.63. The Labute approximate surface area is 131 Å². The molecular formula is C15H16F3N3O2. The van der Waals surface area contributed by atoms with Crippen molar-refractivity contribution < 1.29 is 22.7 Å². The number of aromatic nitrogens is 2. The highest BCUT2D eigenvalue weighted by atomic mass is 19.4. The molecule has 1 aromatic carbocycles. The van der Waals surface area contributed by atoms with Crippen molar-refractivity contribution in [3.63, 3.8) is 0 Å². The Hall–Kier alpha value is -2.51. The van der Waals surface area contributed by atoms with Crippen LogP contribution in [0.5, 0.6) is 0 Å². The quantitative estimate of drug-likeness (QED) is 0.829. The fraction of sp³-hybridized carbons (Fsp3) is 0.333. The van der Waals surface area contributed by atoms with Crippen molar-refractivity contribution in [3.05, 3.63) is 54.1 Å². The van der Waals surface area contributed by atoms with Crippen molar-refractivity contribution in [1.29, 1.82) is 0 Å². The first kappa shape index (κ1) is 16.9. The number of halogens is 3. The molecule has 0 aliphatic carbocycles. The zero-order valence-corrected chi connectivity index (χ0v) is 12.2. The number of amides is 1. The van der Waals surface area contributed by atoms with E-state index >= 15 is 0 Å². The third kappa shape index (κ3) is 5.65. The third-order valence-corrected chi connectivity index (χ3v) is 3.00. The van der Waals surface area contributed by atoms with Crippen LogP contribution >= 0.6 is 0 Å². The molecule has 8 heteroatoms. The summed E-state index contributed by atoms with van der Waals surface area (Å²) in [6.45, 7) is 0.790. The van der Waals surface area contributed by atoms with Crippen LogP contribution in [-0.2, 0) is 24.1 Å². The first-order valence-corrected chi connectivity index (χ1v) is 6.98. The van der Waals surface area contributed by atoms with Gasteiger partial charge in [0, 0.05) is 19.3 Å². The maximum atomic E-state index is 12.4. The Kier molecular flexibility index (Phi) is 5.61. The van der Waals surface area contributed by atoms with Gasteiger partial charge in [0.2, 0.25) is 0 Å². The topological polar surface area (TPSA) is 56.2 Å². The molecule has 2 rings (SSSR count). The third-order valence-electron chi connectivity index (χ3n) is 3.00. The van der Waals surface area contributed by atoms with E-state index in [1.54, 1.807) is 0 Å². The minimum absolute atomic E-state index is 0.170. The summed E-state index contributed by atoms with van der Waals surface area (Å²) in [6.07, 6.45) is -2.47. The predicted octanol–water partition coefficient (Wildman–Crippen LogP) is 3.22. The Morgan fingerprint density at radius 3 is 2.65 bits per heavy atom. The number of imidazole rings is 1. The number of carbonyl (C=O) groups is 1. The van der Waals surface area contributed by atoms with Crippen molar-refractivity contribution in [2.45, 2.75) is 25.7 Å². The van der Waals surface area contributed by atoms with Crippen molar-refractivity contribution in [3.8, 4) is 0 Å². The molecule has 0 bridgehead atoms. The number of aryl methyl sites for hydroxylation is 1. The molecule has 124 valence electrons. The summed E-state index contributed by atoms with van der Waals surface area (Å²) in [7, 11) is 0. The molecule has 23 heavy (non-hydrogen) atoms. The molecule has 0 radical (unpaired) electrons. The van der Waals surface area contributed by atoms with Gasteiger partial charge in [0.25, 0.3) is 0 Å². The van der Waals surface area contributed by atoms with Gasteiger partial charge < -0.3 is 14.6 Å². The summed E-state index contributed by atoms with van der Waals surface area (Å²) < 4.78 is 43.5. The second-order valence-electron chi connectivity index (χ2n) is 4.84. The largest absolute Gasteiger partial charge is 0.445 e. The van der Waals surface area contributed by atoms with Crippen LogP contribution < -0.4 is 5.32 Å². The van der Waals surface area contributed by atoms with Crippen LogP contribution in [0.25, 0.3) is 0 Å². The molecule has 0 aliphatic heterocycles. The highest BCUT2D eigenvalue weighted by molar-refractivity contribution is 5.67. The number of carbonyl (C=O) groups excluding carboxylic acids is 1. The lowest BCUT2D eigenvalue weighted by atomic mass is 10.2. The van der Waals surface area contributed by atoms with Crippen LogP contribution in [0, 0.1) is 0 Å². The number of ether oxygens (including phenoxy) is 1. The van der Waals surface area contributed by atoms with Crippen LogP contribution in [0.4, 0.5) is 18.0 Å². The van der Waals surface area contributed by atoms with E-state index in [0.29, 0.717) is 19.5 Å². The highest BCUT2D eigenvalue weighted by Crippen LogP contribution is 2.27. The molecule has 0 unspecified atom stereocenters. The smallest absolute Gasteiger partial charge is 0.434 e. The maximum Gasteiger partial charge on any atom is 0.434 e. The predicted molar refractivity (Wildman–Crippen MR) is 76.5 cm³/mol. The summed E-state index contributed by atoms with van der Waals surface area (Å²) in [5.41, 5.74) is -0.0477. The lowest BCUT2D eigenvalue weighted by Gasteiger charge is -2.07. The molecular weight excluding hydrogens is 311 g/mol. The first-order valence-electron chi connectivity index (χ1n) is 6.98. The minimum Gasteiger partial charge on any atom is -0.445 e. The van der Waals surface area contributed by atoms with Gasteiger partial charge in [-0.15, -0.1) is 0 Å². The monoisotopic (exact) mass is 327 g/mol. The molecule has 1 heterocycles. The van der Waals surface area contributed by atoms with Gasteiger partial charge in [-0.1, -0.05) is 30.3 Å². The van der Waals surface area contributed by atoms with Crippen molar-refractivity contribution >= 4 is 6.09 Å². The average Bonchev–Trinajstić information content (AvgIpc) is 3.00. The number of nitrogens with one attached hydrogen (secondary N) is 1. The van der Waals surface area contributed by atoms with Crippen LogP contribution in [0.3, 0.4) is 0 Å². The minimum atomic E-state index is -4.44. The van der Waals surface area contributed by atoms with E-state index in [2.05, 4.69) is 10.3 Å². The molecule has 1 aromatic heterocycles. The zero-order chi connectivity index (χ0) is 16.7. The molecule has 0 spiro atoms. The number of hydrogen-bond donors (Lipinski definition) is 1. The Bertz CT molecular complexity index is 626. The van der Waals surface area contributed by atoms with Crippen molar-refractivity contribution in [1.82, 2.24) is 14.9 Å². The van der Waals surface area contributed by atoms with Gasteiger partial charge in [0.15, 0.2) is 5.69 Å². The normalized spacial score (nSPS) is 11.3.